The van der Waals surface area contributed by atoms with Crippen molar-refractivity contribution in [1.82, 2.24) is 9.88 Å². The summed E-state index contributed by atoms with van der Waals surface area (Å²) in [6, 6.07) is 5.80. The Bertz CT molecular complexity index is 739. The van der Waals surface area contributed by atoms with Crippen molar-refractivity contribution in [2.45, 2.75) is 32.3 Å². The van der Waals surface area contributed by atoms with Crippen LogP contribution in [0.25, 0.3) is 0 Å². The molecule has 0 N–H and O–H groups in total. The van der Waals surface area contributed by atoms with E-state index in [1.165, 1.54) is 12.1 Å². The third-order valence-corrected chi connectivity index (χ3v) is 4.93. The summed E-state index contributed by atoms with van der Waals surface area (Å²) < 4.78 is 19.2. The van der Waals surface area contributed by atoms with E-state index in [1.54, 1.807) is 28.4 Å². The van der Waals surface area contributed by atoms with Crippen molar-refractivity contribution < 1.29 is 13.9 Å². The van der Waals surface area contributed by atoms with Gasteiger partial charge in [0, 0.05) is 22.9 Å². The van der Waals surface area contributed by atoms with Crippen LogP contribution in [0.15, 0.2) is 29.6 Å². The Morgan fingerprint density at radius 1 is 1.42 bits per heavy atom. The number of hydrogen-bond donors (Lipinski definition) is 0. The molecule has 24 heavy (non-hydrogen) atoms. The highest BCUT2D eigenvalue weighted by Gasteiger charge is 2.29. The van der Waals surface area contributed by atoms with Crippen LogP contribution in [-0.2, 0) is 10.2 Å². The Morgan fingerprint density at radius 3 is 2.88 bits per heavy atom. The van der Waals surface area contributed by atoms with Crippen LogP contribution in [0.5, 0.6) is 0 Å². The van der Waals surface area contributed by atoms with E-state index in [0.717, 1.165) is 10.7 Å². The van der Waals surface area contributed by atoms with Gasteiger partial charge in [0.15, 0.2) is 0 Å². The smallest absolute Gasteiger partial charge is 0.254 e. The van der Waals surface area contributed by atoms with Gasteiger partial charge in [-0.15, -0.1) is 11.3 Å². The van der Waals surface area contributed by atoms with E-state index in [4.69, 9.17) is 4.74 Å². The molecule has 2 aromatic rings. The summed E-state index contributed by atoms with van der Waals surface area (Å²) in [4.78, 5) is 19.0. The Balaban J connectivity index is 1.75. The van der Waals surface area contributed by atoms with Gasteiger partial charge in [0.2, 0.25) is 0 Å². The number of carbonyl (C=O) groups excluding carboxylic acids is 1. The number of amides is 1. The van der Waals surface area contributed by atoms with Crippen molar-refractivity contribution in [1.29, 1.82) is 0 Å². The lowest BCUT2D eigenvalue weighted by Gasteiger charge is -2.32. The molecule has 1 saturated heterocycles. The number of hydrogen-bond acceptors (Lipinski definition) is 4. The number of ether oxygens (including phenoxy) is 1. The second kappa shape index (κ2) is 6.61. The highest BCUT2D eigenvalue weighted by Crippen LogP contribution is 2.30. The SMILES string of the molecule is CC(C)(C)c1csc([C@H]2CN(C(=O)c3cccc(F)c3)CCO2)n1. The van der Waals surface area contributed by atoms with Gasteiger partial charge in [-0.25, -0.2) is 9.37 Å². The van der Waals surface area contributed by atoms with Crippen molar-refractivity contribution in [2.24, 2.45) is 0 Å². The molecular weight excluding hydrogens is 327 g/mol. The second-order valence-corrected chi connectivity index (χ2v) is 7.83. The maximum absolute atomic E-state index is 13.3. The largest absolute Gasteiger partial charge is 0.367 e. The molecule has 2 heterocycles. The number of rotatable bonds is 2. The average Bonchev–Trinajstić information content (AvgIpc) is 3.04. The summed E-state index contributed by atoms with van der Waals surface area (Å²) in [7, 11) is 0. The van der Waals surface area contributed by atoms with Crippen molar-refractivity contribution in [3.63, 3.8) is 0 Å². The summed E-state index contributed by atoms with van der Waals surface area (Å²) in [6.45, 7) is 7.75. The molecule has 1 aromatic carbocycles. The van der Waals surface area contributed by atoms with Gasteiger partial charge in [-0.3, -0.25) is 4.79 Å². The topological polar surface area (TPSA) is 42.4 Å². The van der Waals surface area contributed by atoms with Gasteiger partial charge in [0.05, 0.1) is 18.8 Å². The highest BCUT2D eigenvalue weighted by atomic mass is 32.1. The molecule has 4 nitrogen and oxygen atoms in total. The van der Waals surface area contributed by atoms with Gasteiger partial charge in [-0.1, -0.05) is 26.8 Å². The van der Waals surface area contributed by atoms with Gasteiger partial charge < -0.3 is 9.64 Å². The number of aromatic nitrogens is 1. The van der Waals surface area contributed by atoms with Gasteiger partial charge in [0.25, 0.3) is 5.91 Å². The van der Waals surface area contributed by atoms with E-state index in [1.807, 2.05) is 5.38 Å². The first kappa shape index (κ1) is 17.0. The number of carbonyl (C=O) groups is 1. The highest BCUT2D eigenvalue weighted by molar-refractivity contribution is 7.09. The van der Waals surface area contributed by atoms with Crippen LogP contribution in [0.2, 0.25) is 0 Å². The molecule has 0 unspecified atom stereocenters. The summed E-state index contributed by atoms with van der Waals surface area (Å²) >= 11 is 1.56. The first-order chi connectivity index (χ1) is 11.3. The van der Waals surface area contributed by atoms with Crippen LogP contribution in [0.1, 0.15) is 47.9 Å². The fourth-order valence-electron chi connectivity index (χ4n) is 2.57. The molecule has 1 amide bonds. The fraction of sp³-hybridized carbons (Fsp3) is 0.444. The zero-order chi connectivity index (χ0) is 17.3. The summed E-state index contributed by atoms with van der Waals surface area (Å²) in [5.74, 6) is -0.573. The number of benzene rings is 1. The minimum Gasteiger partial charge on any atom is -0.367 e. The lowest BCUT2D eigenvalue weighted by Crippen LogP contribution is -2.42. The Morgan fingerprint density at radius 2 is 2.21 bits per heavy atom. The first-order valence-electron chi connectivity index (χ1n) is 7.97. The predicted molar refractivity (Wildman–Crippen MR) is 91.8 cm³/mol. The van der Waals surface area contributed by atoms with Crippen LogP contribution >= 0.6 is 11.3 Å². The normalized spacial score (nSPS) is 18.7. The predicted octanol–water partition coefficient (Wildman–Crippen LogP) is 3.79. The van der Waals surface area contributed by atoms with Gasteiger partial charge in [0.1, 0.15) is 16.9 Å². The quantitative estimate of drug-likeness (QED) is 0.829. The van der Waals surface area contributed by atoms with E-state index < -0.39 is 5.82 Å². The van der Waals surface area contributed by atoms with E-state index in [9.17, 15) is 9.18 Å². The molecule has 1 aliphatic rings. The van der Waals surface area contributed by atoms with E-state index in [0.29, 0.717) is 25.3 Å². The average molecular weight is 348 g/mol. The number of morpholine rings is 1. The Labute approximate surface area is 145 Å². The lowest BCUT2D eigenvalue weighted by molar-refractivity contribution is -0.0230. The van der Waals surface area contributed by atoms with Crippen LogP contribution < -0.4 is 0 Å². The van der Waals surface area contributed by atoms with Crippen LogP contribution in [-0.4, -0.2) is 35.5 Å². The summed E-state index contributed by atoms with van der Waals surface area (Å²) in [5, 5.41) is 2.93. The molecule has 1 aliphatic heterocycles. The van der Waals surface area contributed by atoms with Gasteiger partial charge >= 0.3 is 0 Å². The van der Waals surface area contributed by atoms with Crippen molar-refractivity contribution in [3.05, 3.63) is 51.7 Å². The molecule has 0 bridgehead atoms. The number of thiazole rings is 1. The fourth-order valence-corrected chi connectivity index (χ4v) is 3.65. The first-order valence-corrected chi connectivity index (χ1v) is 8.85. The maximum atomic E-state index is 13.3. The number of halogens is 1. The molecule has 128 valence electrons. The van der Waals surface area contributed by atoms with Gasteiger partial charge in [-0.05, 0) is 18.2 Å². The third kappa shape index (κ3) is 3.65. The monoisotopic (exact) mass is 348 g/mol. The molecular formula is C18H21FN2O2S. The van der Waals surface area contributed by atoms with E-state index in [-0.39, 0.29) is 17.4 Å². The van der Waals surface area contributed by atoms with Crippen molar-refractivity contribution >= 4 is 17.2 Å². The molecule has 0 aliphatic carbocycles. The molecule has 1 fully saturated rings. The molecule has 3 rings (SSSR count). The van der Waals surface area contributed by atoms with E-state index in [2.05, 4.69) is 25.8 Å². The number of nitrogens with zero attached hydrogens (tertiary/aromatic N) is 2. The molecule has 0 saturated carbocycles. The Kier molecular flexibility index (Phi) is 4.69. The zero-order valence-electron chi connectivity index (χ0n) is 14.1. The molecule has 0 radical (unpaired) electrons. The summed E-state index contributed by atoms with van der Waals surface area (Å²) in [5.41, 5.74) is 1.38. The van der Waals surface area contributed by atoms with Crippen LogP contribution in [0.3, 0.4) is 0 Å². The molecule has 0 spiro atoms. The van der Waals surface area contributed by atoms with Crippen molar-refractivity contribution in [2.75, 3.05) is 19.7 Å². The standard InChI is InChI=1S/C18H21FN2O2S/c1-18(2,3)15-11-24-16(20-15)14-10-21(7-8-23-14)17(22)12-5-4-6-13(19)9-12/h4-6,9,11,14H,7-8,10H2,1-3H3/t14-/m1/s1. The van der Waals surface area contributed by atoms with Crippen molar-refractivity contribution in [3.8, 4) is 0 Å². The second-order valence-electron chi connectivity index (χ2n) is 6.94. The Hall–Kier alpha value is -1.79. The molecule has 6 heteroatoms. The van der Waals surface area contributed by atoms with E-state index >= 15 is 0 Å². The minimum absolute atomic E-state index is 0.0134. The third-order valence-electron chi connectivity index (χ3n) is 3.99. The summed E-state index contributed by atoms with van der Waals surface area (Å²) in [6.07, 6.45) is -0.225. The van der Waals surface area contributed by atoms with Gasteiger partial charge in [-0.2, -0.15) is 0 Å². The van der Waals surface area contributed by atoms with Crippen LogP contribution in [0.4, 0.5) is 4.39 Å². The zero-order valence-corrected chi connectivity index (χ0v) is 14.9. The minimum atomic E-state index is -0.402. The maximum Gasteiger partial charge on any atom is 0.254 e. The molecule has 1 aromatic heterocycles. The lowest BCUT2D eigenvalue weighted by atomic mass is 9.93. The molecule has 1 atom stereocenters. The van der Waals surface area contributed by atoms with Crippen LogP contribution in [0, 0.1) is 5.82 Å².